The van der Waals surface area contributed by atoms with E-state index < -0.39 is 0 Å². The molecule has 4 nitrogen and oxygen atoms in total. The highest BCUT2D eigenvalue weighted by Gasteiger charge is 2.17. The van der Waals surface area contributed by atoms with E-state index in [4.69, 9.17) is 16.0 Å². The van der Waals surface area contributed by atoms with Crippen LogP contribution in [0.1, 0.15) is 24.6 Å². The summed E-state index contributed by atoms with van der Waals surface area (Å²) in [5.74, 6) is 2.83. The molecule has 2 heterocycles. The van der Waals surface area contributed by atoms with Crippen LogP contribution in [-0.4, -0.2) is 34.8 Å². The number of anilines is 1. The molecule has 0 aromatic carbocycles. The van der Waals surface area contributed by atoms with Crippen molar-refractivity contribution in [2.45, 2.75) is 18.7 Å². The summed E-state index contributed by atoms with van der Waals surface area (Å²) in [6, 6.07) is 0.611. The number of aromatic nitrogens is 2. The van der Waals surface area contributed by atoms with Gasteiger partial charge in [-0.3, -0.25) is 0 Å². The Morgan fingerprint density at radius 3 is 3.00 bits per heavy atom. The second kappa shape index (κ2) is 5.07. The van der Waals surface area contributed by atoms with Crippen molar-refractivity contribution in [3.05, 3.63) is 5.89 Å². The van der Waals surface area contributed by atoms with Gasteiger partial charge in [0.15, 0.2) is 0 Å². The molecule has 1 aromatic heterocycles. The fourth-order valence-corrected chi connectivity index (χ4v) is 2.43. The summed E-state index contributed by atoms with van der Waals surface area (Å²) < 4.78 is 5.50. The Morgan fingerprint density at radius 1 is 1.40 bits per heavy atom. The van der Waals surface area contributed by atoms with Gasteiger partial charge in [-0.1, -0.05) is 5.10 Å². The lowest BCUT2D eigenvalue weighted by molar-refractivity contribution is 0.485. The van der Waals surface area contributed by atoms with Crippen LogP contribution in [0.25, 0.3) is 0 Å². The monoisotopic (exact) mass is 247 g/mol. The van der Waals surface area contributed by atoms with Crippen LogP contribution in [0.15, 0.2) is 4.42 Å². The predicted octanol–water partition coefficient (Wildman–Crippen LogP) is 2.31. The normalized spacial score (nSPS) is 20.0. The number of nitrogens with zero attached hydrogens (tertiary/aromatic N) is 3. The summed E-state index contributed by atoms with van der Waals surface area (Å²) in [5, 5.41) is 7.73. The van der Waals surface area contributed by atoms with Gasteiger partial charge in [-0.2, -0.15) is 11.8 Å². The molecule has 0 bridgehead atoms. The smallest absolute Gasteiger partial charge is 0.318 e. The molecule has 6 heteroatoms. The maximum absolute atomic E-state index is 5.87. The molecule has 0 aliphatic carbocycles. The molecule has 1 unspecified atom stereocenters. The second-order valence-electron chi connectivity index (χ2n) is 3.49. The summed E-state index contributed by atoms with van der Waals surface area (Å²) in [4.78, 5) is 2.13. The molecule has 1 aromatic rings. The highest BCUT2D eigenvalue weighted by atomic mass is 35.5. The third-order valence-corrected chi connectivity index (χ3v) is 3.50. The van der Waals surface area contributed by atoms with Gasteiger partial charge in [0.25, 0.3) is 0 Å². The van der Waals surface area contributed by atoms with Gasteiger partial charge in [0.1, 0.15) is 5.38 Å². The van der Waals surface area contributed by atoms with E-state index in [1.165, 1.54) is 12.2 Å². The van der Waals surface area contributed by atoms with Crippen molar-refractivity contribution in [3.63, 3.8) is 0 Å². The largest absolute Gasteiger partial charge is 0.406 e. The Balaban J connectivity index is 2.06. The molecular weight excluding hydrogens is 234 g/mol. The lowest BCUT2D eigenvalue weighted by Gasteiger charge is -2.15. The van der Waals surface area contributed by atoms with Gasteiger partial charge in [-0.05, 0) is 19.1 Å². The fourth-order valence-electron chi connectivity index (χ4n) is 1.45. The highest BCUT2D eigenvalue weighted by molar-refractivity contribution is 7.99. The topological polar surface area (TPSA) is 42.2 Å². The van der Waals surface area contributed by atoms with Crippen LogP contribution in [0, 0.1) is 0 Å². The van der Waals surface area contributed by atoms with Gasteiger partial charge in [-0.25, -0.2) is 0 Å². The Labute approximate surface area is 98.4 Å². The van der Waals surface area contributed by atoms with Gasteiger partial charge in [-0.15, -0.1) is 16.7 Å². The number of hydrogen-bond donors (Lipinski definition) is 0. The Hall–Kier alpha value is -0.420. The second-order valence-corrected chi connectivity index (χ2v) is 5.37. The molecule has 2 rings (SSSR count). The van der Waals surface area contributed by atoms with E-state index in [0.29, 0.717) is 11.9 Å². The molecular formula is C9H14ClN3OS. The third kappa shape index (κ3) is 2.78. The van der Waals surface area contributed by atoms with Crippen molar-refractivity contribution >= 4 is 29.4 Å². The number of rotatable bonds is 2. The standard InChI is InChI=1S/C9H14ClN3OS/c1-7(10)8-11-12-9(14-8)13-3-2-5-15-6-4-13/h7H,2-6H2,1H3. The zero-order valence-corrected chi connectivity index (χ0v) is 10.2. The van der Waals surface area contributed by atoms with E-state index in [1.807, 2.05) is 18.7 Å². The van der Waals surface area contributed by atoms with Crippen LogP contribution >= 0.6 is 23.4 Å². The summed E-state index contributed by atoms with van der Waals surface area (Å²) in [6.45, 7) is 3.80. The molecule has 0 spiro atoms. The van der Waals surface area contributed by atoms with Crippen molar-refractivity contribution < 1.29 is 4.42 Å². The Kier molecular flexibility index (Phi) is 3.75. The minimum Gasteiger partial charge on any atom is -0.406 e. The molecule has 0 saturated carbocycles. The van der Waals surface area contributed by atoms with E-state index >= 15 is 0 Å². The third-order valence-electron chi connectivity index (χ3n) is 2.26. The van der Waals surface area contributed by atoms with Crippen molar-refractivity contribution in [3.8, 4) is 0 Å². The minimum absolute atomic E-state index is 0.215. The van der Waals surface area contributed by atoms with E-state index in [2.05, 4.69) is 15.1 Å². The van der Waals surface area contributed by atoms with Gasteiger partial charge in [0.2, 0.25) is 5.89 Å². The first-order valence-corrected chi connectivity index (χ1v) is 6.66. The van der Waals surface area contributed by atoms with Gasteiger partial charge >= 0.3 is 6.01 Å². The Bertz CT molecular complexity index is 310. The zero-order valence-electron chi connectivity index (χ0n) is 8.65. The van der Waals surface area contributed by atoms with Crippen molar-refractivity contribution in [2.24, 2.45) is 0 Å². The van der Waals surface area contributed by atoms with E-state index in [1.54, 1.807) is 0 Å². The average Bonchev–Trinajstić information content (AvgIpc) is 2.55. The van der Waals surface area contributed by atoms with E-state index in [9.17, 15) is 0 Å². The summed E-state index contributed by atoms with van der Waals surface area (Å²) in [7, 11) is 0. The molecule has 1 fully saturated rings. The predicted molar refractivity (Wildman–Crippen MR) is 62.7 cm³/mol. The number of thioether (sulfide) groups is 1. The first-order chi connectivity index (χ1) is 7.27. The summed E-state index contributed by atoms with van der Waals surface area (Å²) in [5.41, 5.74) is 0. The van der Waals surface area contributed by atoms with E-state index in [0.717, 1.165) is 18.8 Å². The van der Waals surface area contributed by atoms with Crippen LogP contribution in [0.2, 0.25) is 0 Å². The molecule has 1 atom stereocenters. The summed E-state index contributed by atoms with van der Waals surface area (Å²) >= 11 is 7.84. The maximum atomic E-state index is 5.87. The molecule has 1 aliphatic rings. The van der Waals surface area contributed by atoms with Crippen LogP contribution in [0.4, 0.5) is 6.01 Å². The fraction of sp³-hybridized carbons (Fsp3) is 0.778. The van der Waals surface area contributed by atoms with Crippen LogP contribution in [-0.2, 0) is 0 Å². The lowest BCUT2D eigenvalue weighted by atomic mass is 10.4. The molecule has 0 amide bonds. The van der Waals surface area contributed by atoms with Gasteiger partial charge < -0.3 is 9.32 Å². The molecule has 0 N–H and O–H groups in total. The van der Waals surface area contributed by atoms with Gasteiger partial charge in [0, 0.05) is 18.8 Å². The first-order valence-electron chi connectivity index (χ1n) is 5.07. The number of halogens is 1. The molecule has 15 heavy (non-hydrogen) atoms. The number of alkyl halides is 1. The minimum atomic E-state index is -0.215. The molecule has 1 aliphatic heterocycles. The van der Waals surface area contributed by atoms with Crippen molar-refractivity contribution in [1.29, 1.82) is 0 Å². The lowest BCUT2D eigenvalue weighted by Crippen LogP contribution is -2.25. The highest BCUT2D eigenvalue weighted by Crippen LogP contribution is 2.23. The van der Waals surface area contributed by atoms with E-state index in [-0.39, 0.29) is 5.38 Å². The van der Waals surface area contributed by atoms with Crippen LogP contribution in [0.3, 0.4) is 0 Å². The Morgan fingerprint density at radius 2 is 2.27 bits per heavy atom. The van der Waals surface area contributed by atoms with Crippen LogP contribution in [0.5, 0.6) is 0 Å². The summed E-state index contributed by atoms with van der Waals surface area (Å²) in [6.07, 6.45) is 1.17. The van der Waals surface area contributed by atoms with Crippen molar-refractivity contribution in [2.75, 3.05) is 29.5 Å². The maximum Gasteiger partial charge on any atom is 0.318 e. The average molecular weight is 248 g/mol. The SMILES string of the molecule is CC(Cl)c1nnc(N2CCCSCC2)o1. The van der Waals surface area contributed by atoms with Crippen LogP contribution < -0.4 is 4.90 Å². The number of hydrogen-bond acceptors (Lipinski definition) is 5. The quantitative estimate of drug-likeness (QED) is 0.751. The van der Waals surface area contributed by atoms with Crippen molar-refractivity contribution in [1.82, 2.24) is 10.2 Å². The van der Waals surface area contributed by atoms with Gasteiger partial charge in [0.05, 0.1) is 0 Å². The molecule has 0 radical (unpaired) electrons. The molecule has 1 saturated heterocycles. The first kappa shape index (κ1) is 11.1. The molecule has 84 valence electrons. The zero-order chi connectivity index (χ0) is 10.7.